The predicted octanol–water partition coefficient (Wildman–Crippen LogP) is 0.800. The molecule has 0 heterocycles. The van der Waals surface area contributed by atoms with Crippen molar-refractivity contribution in [2.45, 2.75) is 0 Å². The fourth-order valence-corrected chi connectivity index (χ4v) is 1.09. The molecule has 0 unspecified atom stereocenters. The van der Waals surface area contributed by atoms with E-state index < -0.39 is 23.3 Å². The lowest BCUT2D eigenvalue weighted by atomic mass is 10.0. The Balaban J connectivity index is 0.000000982. The summed E-state index contributed by atoms with van der Waals surface area (Å²) in [7, 11) is 3.75. The Hall–Kier alpha value is -2.47. The highest BCUT2D eigenvalue weighted by Crippen LogP contribution is 2.08. The minimum atomic E-state index is -1.56. The molecule has 0 bridgehead atoms. The number of aliphatic carboxylic acids is 2. The van der Waals surface area contributed by atoms with E-state index in [1.807, 2.05) is 14.1 Å². The molecule has 6 heteroatoms. The van der Waals surface area contributed by atoms with Crippen LogP contribution in [0.3, 0.4) is 0 Å². The summed E-state index contributed by atoms with van der Waals surface area (Å²) < 4.78 is 0. The number of hydrogen-bond acceptors (Lipinski definition) is 4. The minimum Gasteiger partial charge on any atom is -0.478 e. The van der Waals surface area contributed by atoms with Gasteiger partial charge >= 0.3 is 11.9 Å². The summed E-state index contributed by atoms with van der Waals surface area (Å²) >= 11 is 0. The SMILES string of the molecule is CNC.O=C(O)/C=C(\C(=O)O)C(=O)c1ccccc1. The summed E-state index contributed by atoms with van der Waals surface area (Å²) in [6.45, 7) is 0. The van der Waals surface area contributed by atoms with Gasteiger partial charge in [-0.15, -0.1) is 0 Å². The van der Waals surface area contributed by atoms with Crippen LogP contribution in [0.2, 0.25) is 0 Å². The highest BCUT2D eigenvalue weighted by molar-refractivity contribution is 6.25. The summed E-state index contributed by atoms with van der Waals surface area (Å²) in [6, 6.07) is 7.63. The average Bonchev–Trinajstić information content (AvgIpc) is 2.36. The van der Waals surface area contributed by atoms with Crippen molar-refractivity contribution in [2.75, 3.05) is 14.1 Å². The van der Waals surface area contributed by atoms with E-state index in [0.717, 1.165) is 0 Å². The van der Waals surface area contributed by atoms with Crippen molar-refractivity contribution >= 4 is 17.7 Å². The van der Waals surface area contributed by atoms with Gasteiger partial charge in [0.2, 0.25) is 5.78 Å². The van der Waals surface area contributed by atoms with Crippen molar-refractivity contribution in [2.24, 2.45) is 0 Å². The topological polar surface area (TPSA) is 104 Å². The molecule has 0 aliphatic rings. The van der Waals surface area contributed by atoms with Crippen LogP contribution in [0.4, 0.5) is 0 Å². The van der Waals surface area contributed by atoms with E-state index in [9.17, 15) is 14.4 Å². The second-order valence-corrected chi connectivity index (χ2v) is 3.40. The number of carbonyl (C=O) groups excluding carboxylic acids is 1. The number of nitrogens with one attached hydrogen (secondary N) is 1. The maximum atomic E-state index is 11.6. The highest BCUT2D eigenvalue weighted by Gasteiger charge is 2.19. The number of hydrogen-bond donors (Lipinski definition) is 3. The van der Waals surface area contributed by atoms with E-state index >= 15 is 0 Å². The van der Waals surface area contributed by atoms with Gasteiger partial charge < -0.3 is 15.5 Å². The molecule has 0 saturated heterocycles. The van der Waals surface area contributed by atoms with Gasteiger partial charge in [-0.2, -0.15) is 0 Å². The summed E-state index contributed by atoms with van der Waals surface area (Å²) in [6.07, 6.45) is 0.387. The molecule has 0 saturated carbocycles. The maximum absolute atomic E-state index is 11.6. The summed E-state index contributed by atoms with van der Waals surface area (Å²) in [5.41, 5.74) is -0.629. The monoisotopic (exact) mass is 265 g/mol. The third-order valence-electron chi connectivity index (χ3n) is 1.78. The lowest BCUT2D eigenvalue weighted by molar-refractivity contribution is -0.134. The van der Waals surface area contributed by atoms with Crippen LogP contribution in [-0.2, 0) is 9.59 Å². The third kappa shape index (κ3) is 6.13. The lowest BCUT2D eigenvalue weighted by Crippen LogP contribution is -2.14. The quantitative estimate of drug-likeness (QED) is 0.322. The van der Waals surface area contributed by atoms with Crippen LogP contribution in [0.5, 0.6) is 0 Å². The Bertz CT molecular complexity index is 479. The van der Waals surface area contributed by atoms with E-state index in [4.69, 9.17) is 10.2 Å². The molecule has 0 fully saturated rings. The van der Waals surface area contributed by atoms with Gasteiger partial charge in [-0.05, 0) is 14.1 Å². The standard InChI is InChI=1S/C11H8O5.C2H7N/c12-9(13)6-8(11(15)16)10(14)7-4-2-1-3-5-7;1-3-2/h1-6H,(H,12,13)(H,15,16);3H,1-2H3/b8-6-;. The number of carboxylic acid groups (broad SMARTS) is 2. The first-order valence-corrected chi connectivity index (χ1v) is 5.30. The van der Waals surface area contributed by atoms with Gasteiger partial charge in [0, 0.05) is 11.6 Å². The van der Waals surface area contributed by atoms with Gasteiger partial charge in [0.15, 0.2) is 0 Å². The van der Waals surface area contributed by atoms with E-state index in [1.54, 1.807) is 18.2 Å². The van der Waals surface area contributed by atoms with Crippen molar-refractivity contribution < 1.29 is 24.6 Å². The molecular weight excluding hydrogens is 250 g/mol. The zero-order chi connectivity index (χ0) is 14.8. The molecule has 1 aromatic carbocycles. The molecule has 0 aliphatic heterocycles. The highest BCUT2D eigenvalue weighted by atomic mass is 16.4. The lowest BCUT2D eigenvalue weighted by Gasteiger charge is -2.00. The number of benzene rings is 1. The van der Waals surface area contributed by atoms with E-state index in [2.05, 4.69) is 5.32 Å². The van der Waals surface area contributed by atoms with Crippen LogP contribution in [0.1, 0.15) is 10.4 Å². The second kappa shape index (κ2) is 8.60. The van der Waals surface area contributed by atoms with Crippen LogP contribution in [0.15, 0.2) is 42.0 Å². The molecule has 0 radical (unpaired) electrons. The van der Waals surface area contributed by atoms with Crippen LogP contribution in [-0.4, -0.2) is 42.0 Å². The number of rotatable bonds is 4. The maximum Gasteiger partial charge on any atom is 0.339 e. The van der Waals surface area contributed by atoms with Gasteiger partial charge in [-0.3, -0.25) is 4.79 Å². The Morgan fingerprint density at radius 3 is 1.89 bits per heavy atom. The Kier molecular flexibility index (Phi) is 7.48. The van der Waals surface area contributed by atoms with E-state index in [1.165, 1.54) is 12.1 Å². The third-order valence-corrected chi connectivity index (χ3v) is 1.78. The first kappa shape index (κ1) is 16.5. The zero-order valence-electron chi connectivity index (χ0n) is 10.6. The van der Waals surface area contributed by atoms with Crippen LogP contribution >= 0.6 is 0 Å². The molecule has 0 atom stereocenters. The van der Waals surface area contributed by atoms with Gasteiger partial charge in [0.05, 0.1) is 0 Å². The minimum absolute atomic E-state index is 0.136. The van der Waals surface area contributed by atoms with Crippen molar-refractivity contribution in [3.05, 3.63) is 47.5 Å². The molecule has 0 aliphatic carbocycles. The molecule has 3 N–H and O–H groups in total. The first-order valence-electron chi connectivity index (χ1n) is 5.30. The Labute approximate surface area is 110 Å². The molecule has 0 aromatic heterocycles. The molecule has 1 aromatic rings. The largest absolute Gasteiger partial charge is 0.478 e. The Morgan fingerprint density at radius 1 is 1.05 bits per heavy atom. The smallest absolute Gasteiger partial charge is 0.339 e. The van der Waals surface area contributed by atoms with Crippen molar-refractivity contribution in [1.82, 2.24) is 5.32 Å². The van der Waals surface area contributed by atoms with Gasteiger partial charge in [-0.25, -0.2) is 9.59 Å². The van der Waals surface area contributed by atoms with Gasteiger partial charge in [0.25, 0.3) is 0 Å². The fraction of sp³-hybridized carbons (Fsp3) is 0.154. The normalized spacial score (nSPS) is 10.1. The van der Waals surface area contributed by atoms with Gasteiger partial charge in [-0.1, -0.05) is 30.3 Å². The van der Waals surface area contributed by atoms with Crippen LogP contribution in [0, 0.1) is 0 Å². The molecule has 0 amide bonds. The number of Topliss-reactive ketones (excluding diaryl/α,β-unsaturated/α-hetero) is 1. The summed E-state index contributed by atoms with van der Waals surface area (Å²) in [5, 5.41) is 19.9. The van der Waals surface area contributed by atoms with Gasteiger partial charge in [0.1, 0.15) is 5.57 Å². The number of carbonyl (C=O) groups is 3. The fourth-order valence-electron chi connectivity index (χ4n) is 1.09. The molecule has 0 spiro atoms. The summed E-state index contributed by atoms with van der Waals surface area (Å²) in [5.74, 6) is -3.85. The summed E-state index contributed by atoms with van der Waals surface area (Å²) in [4.78, 5) is 32.7. The average molecular weight is 265 g/mol. The zero-order valence-corrected chi connectivity index (χ0v) is 10.6. The first-order chi connectivity index (χ1) is 8.93. The Morgan fingerprint density at radius 2 is 1.53 bits per heavy atom. The molecule has 19 heavy (non-hydrogen) atoms. The number of ketones is 1. The van der Waals surface area contributed by atoms with Crippen LogP contribution in [0.25, 0.3) is 0 Å². The molecular formula is C13H15NO5. The van der Waals surface area contributed by atoms with E-state index in [-0.39, 0.29) is 5.56 Å². The molecule has 102 valence electrons. The van der Waals surface area contributed by atoms with Crippen LogP contribution < -0.4 is 5.32 Å². The van der Waals surface area contributed by atoms with Crippen molar-refractivity contribution in [3.63, 3.8) is 0 Å². The number of carboxylic acids is 2. The second-order valence-electron chi connectivity index (χ2n) is 3.40. The predicted molar refractivity (Wildman–Crippen MR) is 69.1 cm³/mol. The van der Waals surface area contributed by atoms with Crippen molar-refractivity contribution in [1.29, 1.82) is 0 Å². The van der Waals surface area contributed by atoms with E-state index in [0.29, 0.717) is 6.08 Å². The van der Waals surface area contributed by atoms with Crippen molar-refractivity contribution in [3.8, 4) is 0 Å². The molecule has 1 rings (SSSR count). The molecule has 6 nitrogen and oxygen atoms in total.